The molecule has 0 radical (unpaired) electrons. The van der Waals surface area contributed by atoms with Gasteiger partial charge >= 0.3 is 5.97 Å². The third-order valence-corrected chi connectivity index (χ3v) is 2.20. The van der Waals surface area contributed by atoms with E-state index in [4.69, 9.17) is 5.11 Å². The van der Waals surface area contributed by atoms with Crippen LogP contribution in [0.2, 0.25) is 0 Å². The van der Waals surface area contributed by atoms with E-state index in [1.54, 1.807) is 0 Å². The van der Waals surface area contributed by atoms with Crippen molar-refractivity contribution in [3.05, 3.63) is 0 Å². The Kier molecular flexibility index (Phi) is 4.71. The topological polar surface area (TPSA) is 108 Å². The lowest BCUT2D eigenvalue weighted by Crippen LogP contribution is -2.58. The normalized spacial score (nSPS) is 20.0. The molecule has 1 heterocycles. The SMILES string of the molecule is O=C(O)CCCNC(=O)C1CNC(=O)CN1. The van der Waals surface area contributed by atoms with Gasteiger partial charge in [-0.3, -0.25) is 19.7 Å². The van der Waals surface area contributed by atoms with Gasteiger partial charge in [-0.1, -0.05) is 0 Å². The van der Waals surface area contributed by atoms with Crippen molar-refractivity contribution in [2.75, 3.05) is 19.6 Å². The van der Waals surface area contributed by atoms with Crippen molar-refractivity contribution in [1.82, 2.24) is 16.0 Å². The van der Waals surface area contributed by atoms with Crippen LogP contribution in [0, 0.1) is 0 Å². The van der Waals surface area contributed by atoms with Gasteiger partial charge in [0.05, 0.1) is 6.54 Å². The van der Waals surface area contributed by atoms with Crippen LogP contribution in [0.4, 0.5) is 0 Å². The number of hydrogen-bond donors (Lipinski definition) is 4. The van der Waals surface area contributed by atoms with E-state index in [2.05, 4.69) is 16.0 Å². The van der Waals surface area contributed by atoms with Gasteiger partial charge in [0.25, 0.3) is 0 Å². The Morgan fingerprint density at radius 3 is 2.81 bits per heavy atom. The van der Waals surface area contributed by atoms with Gasteiger partial charge in [0.15, 0.2) is 0 Å². The molecule has 0 bridgehead atoms. The highest BCUT2D eigenvalue weighted by Gasteiger charge is 2.22. The molecule has 1 fully saturated rings. The average Bonchev–Trinajstić information content (AvgIpc) is 2.25. The lowest BCUT2D eigenvalue weighted by atomic mass is 10.2. The molecule has 2 amide bonds. The third-order valence-electron chi connectivity index (χ3n) is 2.20. The summed E-state index contributed by atoms with van der Waals surface area (Å²) in [5.41, 5.74) is 0. The van der Waals surface area contributed by atoms with Crippen LogP contribution in [0.15, 0.2) is 0 Å². The third kappa shape index (κ3) is 4.26. The molecular weight excluding hydrogens is 214 g/mol. The molecule has 7 nitrogen and oxygen atoms in total. The standard InChI is InChI=1S/C9H15N3O4/c13-7-5-11-6(4-12-7)9(16)10-3-1-2-8(14)15/h6,11H,1-5H2,(H,10,16)(H,12,13)(H,14,15). The number of carbonyl (C=O) groups excluding carboxylic acids is 2. The van der Waals surface area contributed by atoms with E-state index >= 15 is 0 Å². The van der Waals surface area contributed by atoms with E-state index in [1.165, 1.54) is 0 Å². The Morgan fingerprint density at radius 2 is 2.25 bits per heavy atom. The second-order valence-corrected chi connectivity index (χ2v) is 3.53. The first kappa shape index (κ1) is 12.4. The van der Waals surface area contributed by atoms with Crippen LogP contribution in [-0.4, -0.2) is 48.6 Å². The van der Waals surface area contributed by atoms with Crippen LogP contribution in [-0.2, 0) is 14.4 Å². The number of rotatable bonds is 5. The van der Waals surface area contributed by atoms with Gasteiger partial charge in [-0.25, -0.2) is 0 Å². The summed E-state index contributed by atoms with van der Waals surface area (Å²) in [7, 11) is 0. The average molecular weight is 229 g/mol. The van der Waals surface area contributed by atoms with Crippen LogP contribution in [0.5, 0.6) is 0 Å². The Labute approximate surface area is 92.6 Å². The van der Waals surface area contributed by atoms with Crippen LogP contribution in [0.1, 0.15) is 12.8 Å². The van der Waals surface area contributed by atoms with E-state index in [1.807, 2.05) is 0 Å². The second kappa shape index (κ2) is 6.06. The number of aliphatic carboxylic acids is 1. The number of amides is 2. The molecule has 1 aliphatic heterocycles. The van der Waals surface area contributed by atoms with Gasteiger partial charge in [-0.05, 0) is 6.42 Å². The van der Waals surface area contributed by atoms with E-state index in [-0.39, 0.29) is 31.3 Å². The number of carboxylic acids is 1. The number of hydrogen-bond acceptors (Lipinski definition) is 4. The van der Waals surface area contributed by atoms with Gasteiger partial charge in [0.1, 0.15) is 6.04 Å². The minimum Gasteiger partial charge on any atom is -0.481 e. The summed E-state index contributed by atoms with van der Waals surface area (Å²) in [5, 5.41) is 16.3. The van der Waals surface area contributed by atoms with E-state index < -0.39 is 12.0 Å². The number of nitrogens with one attached hydrogen (secondary N) is 3. The summed E-state index contributed by atoms with van der Waals surface area (Å²) in [6.07, 6.45) is 0.440. The summed E-state index contributed by atoms with van der Waals surface area (Å²) < 4.78 is 0. The van der Waals surface area contributed by atoms with Crippen LogP contribution >= 0.6 is 0 Å². The molecule has 0 aliphatic carbocycles. The Bertz CT molecular complexity index is 282. The highest BCUT2D eigenvalue weighted by atomic mass is 16.4. The van der Waals surface area contributed by atoms with Gasteiger partial charge in [0, 0.05) is 19.5 Å². The first-order valence-corrected chi connectivity index (χ1v) is 5.09. The highest BCUT2D eigenvalue weighted by molar-refractivity contribution is 5.86. The van der Waals surface area contributed by atoms with Crippen LogP contribution < -0.4 is 16.0 Å². The van der Waals surface area contributed by atoms with Crippen molar-refractivity contribution in [3.8, 4) is 0 Å². The quantitative estimate of drug-likeness (QED) is 0.410. The summed E-state index contributed by atoms with van der Waals surface area (Å²) in [6, 6.07) is -0.428. The molecule has 90 valence electrons. The van der Waals surface area contributed by atoms with Gasteiger partial charge in [-0.2, -0.15) is 0 Å². The molecule has 16 heavy (non-hydrogen) atoms. The minimum absolute atomic E-state index is 0.0368. The minimum atomic E-state index is -0.877. The molecule has 0 spiro atoms. The Hall–Kier alpha value is -1.63. The van der Waals surface area contributed by atoms with E-state index in [9.17, 15) is 14.4 Å². The molecule has 1 atom stereocenters. The van der Waals surface area contributed by atoms with E-state index in [0.717, 1.165) is 0 Å². The largest absolute Gasteiger partial charge is 0.481 e. The first-order chi connectivity index (χ1) is 7.59. The number of carbonyl (C=O) groups is 3. The second-order valence-electron chi connectivity index (χ2n) is 3.53. The first-order valence-electron chi connectivity index (χ1n) is 5.09. The van der Waals surface area contributed by atoms with Gasteiger partial charge < -0.3 is 15.7 Å². The maximum atomic E-state index is 11.5. The molecule has 0 aromatic carbocycles. The Morgan fingerprint density at radius 1 is 1.50 bits per heavy atom. The van der Waals surface area contributed by atoms with Crippen molar-refractivity contribution in [3.63, 3.8) is 0 Å². The zero-order valence-corrected chi connectivity index (χ0v) is 8.78. The molecule has 0 saturated carbocycles. The molecule has 1 aliphatic rings. The molecule has 1 saturated heterocycles. The highest BCUT2D eigenvalue weighted by Crippen LogP contribution is 1.90. The summed E-state index contributed by atoms with van der Waals surface area (Å²) >= 11 is 0. The van der Waals surface area contributed by atoms with Crippen molar-refractivity contribution in [2.24, 2.45) is 0 Å². The molecule has 0 aromatic heterocycles. The molecule has 1 unspecified atom stereocenters. The predicted octanol–water partition coefficient (Wildman–Crippen LogP) is -1.94. The zero-order chi connectivity index (χ0) is 12.0. The van der Waals surface area contributed by atoms with Gasteiger partial charge in [-0.15, -0.1) is 0 Å². The zero-order valence-electron chi connectivity index (χ0n) is 8.78. The van der Waals surface area contributed by atoms with Crippen molar-refractivity contribution >= 4 is 17.8 Å². The fourth-order valence-electron chi connectivity index (χ4n) is 1.33. The number of carboxylic acid groups (broad SMARTS) is 1. The predicted molar refractivity (Wildman–Crippen MR) is 54.7 cm³/mol. The van der Waals surface area contributed by atoms with Crippen LogP contribution in [0.3, 0.4) is 0 Å². The number of piperazine rings is 1. The fraction of sp³-hybridized carbons (Fsp3) is 0.667. The summed E-state index contributed by atoms with van der Waals surface area (Å²) in [4.78, 5) is 32.5. The van der Waals surface area contributed by atoms with Crippen molar-refractivity contribution in [2.45, 2.75) is 18.9 Å². The van der Waals surface area contributed by atoms with Crippen molar-refractivity contribution in [1.29, 1.82) is 0 Å². The lowest BCUT2D eigenvalue weighted by Gasteiger charge is -2.23. The van der Waals surface area contributed by atoms with Crippen molar-refractivity contribution < 1.29 is 19.5 Å². The Balaban J connectivity index is 2.15. The van der Waals surface area contributed by atoms with E-state index in [0.29, 0.717) is 13.0 Å². The summed E-state index contributed by atoms with van der Waals surface area (Å²) in [6.45, 7) is 0.730. The molecular formula is C9H15N3O4. The molecule has 7 heteroatoms. The maximum absolute atomic E-state index is 11.5. The summed E-state index contributed by atoms with van der Waals surface area (Å²) in [5.74, 6) is -1.22. The monoisotopic (exact) mass is 229 g/mol. The smallest absolute Gasteiger partial charge is 0.303 e. The van der Waals surface area contributed by atoms with Gasteiger partial charge in [0.2, 0.25) is 11.8 Å². The molecule has 0 aromatic rings. The molecule has 4 N–H and O–H groups in total. The van der Waals surface area contributed by atoms with Crippen LogP contribution in [0.25, 0.3) is 0 Å². The fourth-order valence-corrected chi connectivity index (χ4v) is 1.33. The molecule has 1 rings (SSSR count). The maximum Gasteiger partial charge on any atom is 0.303 e. The lowest BCUT2D eigenvalue weighted by molar-refractivity contribution is -0.137.